The van der Waals surface area contributed by atoms with Crippen LogP contribution in [0.4, 0.5) is 0 Å². The fourth-order valence-corrected chi connectivity index (χ4v) is 4.45. The monoisotopic (exact) mass is 477 g/mol. The van der Waals surface area contributed by atoms with Gasteiger partial charge in [-0.1, -0.05) is 35.9 Å². The molecule has 178 valence electrons. The van der Waals surface area contributed by atoms with Crippen LogP contribution in [0.5, 0.6) is 0 Å². The van der Waals surface area contributed by atoms with Crippen LogP contribution in [0.25, 0.3) is 5.70 Å². The van der Waals surface area contributed by atoms with Crippen molar-refractivity contribution in [2.75, 3.05) is 13.7 Å². The highest BCUT2D eigenvalue weighted by atomic mass is 35.5. The van der Waals surface area contributed by atoms with Crippen LogP contribution < -0.4 is 5.43 Å². The Morgan fingerprint density at radius 2 is 2.06 bits per heavy atom. The molecule has 1 aromatic heterocycles. The second kappa shape index (κ2) is 12.3. The summed E-state index contributed by atoms with van der Waals surface area (Å²) in [6, 6.07) is 8.17. The van der Waals surface area contributed by atoms with E-state index in [4.69, 9.17) is 21.3 Å². The number of halogens is 1. The largest absolute Gasteiger partial charge is 0.495 e. The number of hydrogen-bond donors (Lipinski definition) is 1. The number of imidazole rings is 1. The number of benzene rings is 1. The van der Waals surface area contributed by atoms with Gasteiger partial charge in [-0.3, -0.25) is 0 Å². The predicted molar refractivity (Wildman–Crippen MR) is 140 cm³/mol. The molecule has 7 heteroatoms. The number of amidine groups is 1. The first-order chi connectivity index (χ1) is 16.6. The number of nitrogens with one attached hydrogen (secondary N) is 1. The molecule has 1 fully saturated rings. The first kappa shape index (κ1) is 25.4. The molecule has 2 aromatic rings. The van der Waals surface area contributed by atoms with Crippen LogP contribution in [0.15, 0.2) is 71.8 Å². The molecule has 2 aliphatic rings. The third-order valence-electron chi connectivity index (χ3n) is 5.87. The molecule has 1 N–H and O–H groups in total. The molecular formula is C27H32ClN5O. The Kier molecular flexibility index (Phi) is 9.15. The van der Waals surface area contributed by atoms with Crippen molar-refractivity contribution in [1.82, 2.24) is 20.0 Å². The van der Waals surface area contributed by atoms with Crippen LogP contribution in [-0.2, 0) is 4.74 Å². The van der Waals surface area contributed by atoms with Crippen LogP contribution >= 0.6 is 11.6 Å². The van der Waals surface area contributed by atoms with Crippen molar-refractivity contribution in [3.8, 4) is 12.8 Å². The first-order valence-electron chi connectivity index (χ1n) is 11.4. The average Bonchev–Trinajstić information content (AvgIpc) is 3.48. The lowest BCUT2D eigenvalue weighted by molar-refractivity contribution is 0.123. The second-order valence-electron chi connectivity index (χ2n) is 8.04. The molecule has 6 nitrogen and oxygen atoms in total. The zero-order valence-corrected chi connectivity index (χ0v) is 20.7. The lowest BCUT2D eigenvalue weighted by Gasteiger charge is -2.34. The van der Waals surface area contributed by atoms with Crippen LogP contribution in [-0.4, -0.2) is 40.2 Å². The van der Waals surface area contributed by atoms with Crippen molar-refractivity contribution in [3.63, 3.8) is 0 Å². The van der Waals surface area contributed by atoms with Crippen molar-refractivity contribution in [3.05, 3.63) is 83.1 Å². The van der Waals surface area contributed by atoms with Crippen LogP contribution in [0.2, 0.25) is 5.02 Å². The predicted octanol–water partition coefficient (Wildman–Crippen LogP) is 5.55. The van der Waals surface area contributed by atoms with Gasteiger partial charge in [0.15, 0.2) is 0 Å². The molecule has 0 amide bonds. The zero-order chi connectivity index (χ0) is 24.5. The standard InChI is InChI=1S/C25H30ClN5O.C2H2/c1-4-22(30-16-18(2)27-17-30)23(32-3)9-5-6-10-24-28-25-21(8-7-15-31(25)29-24)19-11-13-20(26)14-12-19;1-2/h4,6,9-14,16-17,21,25H,5,7-8,15H2,1-3H3,(H,28,29);1-2H/b10-6+,22-4+,23-9+;. The van der Waals surface area contributed by atoms with Crippen LogP contribution in [0.1, 0.15) is 43.4 Å². The van der Waals surface area contributed by atoms with E-state index in [0.717, 1.165) is 53.8 Å². The summed E-state index contributed by atoms with van der Waals surface area (Å²) in [5.74, 6) is 2.09. The number of piperidine rings is 1. The number of aromatic nitrogens is 2. The summed E-state index contributed by atoms with van der Waals surface area (Å²) in [5.41, 5.74) is 6.70. The minimum absolute atomic E-state index is 0.119. The number of terminal acetylenes is 1. The van der Waals surface area contributed by atoms with Gasteiger partial charge in [-0.05, 0) is 63.0 Å². The van der Waals surface area contributed by atoms with Crippen molar-refractivity contribution in [2.45, 2.75) is 45.2 Å². The highest BCUT2D eigenvalue weighted by molar-refractivity contribution is 6.30. The smallest absolute Gasteiger partial charge is 0.138 e. The number of hydrogen-bond acceptors (Lipinski definition) is 5. The van der Waals surface area contributed by atoms with Crippen molar-refractivity contribution in [2.24, 2.45) is 4.99 Å². The molecule has 4 rings (SSSR count). The molecule has 1 saturated heterocycles. The molecular weight excluding hydrogens is 446 g/mol. The minimum atomic E-state index is 0.119. The van der Waals surface area contributed by atoms with Gasteiger partial charge in [0.25, 0.3) is 0 Å². The summed E-state index contributed by atoms with van der Waals surface area (Å²) in [6.07, 6.45) is 23.2. The maximum Gasteiger partial charge on any atom is 0.138 e. The molecule has 0 aliphatic carbocycles. The van der Waals surface area contributed by atoms with E-state index in [1.807, 2.05) is 42.8 Å². The van der Waals surface area contributed by atoms with E-state index < -0.39 is 0 Å². The summed E-state index contributed by atoms with van der Waals surface area (Å²) in [6.45, 7) is 4.97. The van der Waals surface area contributed by atoms with Gasteiger partial charge < -0.3 is 14.7 Å². The number of aryl methyl sites for hydroxylation is 1. The summed E-state index contributed by atoms with van der Waals surface area (Å²) in [4.78, 5) is 9.27. The summed E-state index contributed by atoms with van der Waals surface area (Å²) in [5, 5.41) is 3.02. The van der Waals surface area contributed by atoms with Gasteiger partial charge in [0.05, 0.1) is 24.8 Å². The fraction of sp³-hybridized carbons (Fsp3) is 0.333. The highest BCUT2D eigenvalue weighted by Crippen LogP contribution is 2.35. The normalized spacial score (nSPS) is 20.8. The Bertz CT molecular complexity index is 1090. The molecule has 34 heavy (non-hydrogen) atoms. The van der Waals surface area contributed by atoms with Gasteiger partial charge >= 0.3 is 0 Å². The van der Waals surface area contributed by atoms with Crippen molar-refractivity contribution >= 4 is 23.1 Å². The average molecular weight is 478 g/mol. The third kappa shape index (κ3) is 5.99. The Balaban J connectivity index is 0.00000158. The molecule has 2 aliphatic heterocycles. The summed E-state index contributed by atoms with van der Waals surface area (Å²) in [7, 11) is 1.69. The quantitative estimate of drug-likeness (QED) is 0.322. The topological polar surface area (TPSA) is 54.7 Å². The summed E-state index contributed by atoms with van der Waals surface area (Å²) >= 11 is 6.07. The van der Waals surface area contributed by atoms with Gasteiger partial charge in [-0.2, -0.15) is 5.01 Å². The van der Waals surface area contributed by atoms with Crippen LogP contribution in [0.3, 0.4) is 0 Å². The molecule has 0 spiro atoms. The van der Waals surface area contributed by atoms with Crippen molar-refractivity contribution in [1.29, 1.82) is 0 Å². The Labute approximate surface area is 207 Å². The number of methoxy groups -OCH3 is 1. The molecule has 2 atom stereocenters. The van der Waals surface area contributed by atoms with E-state index >= 15 is 0 Å². The number of nitrogens with zero attached hydrogens (tertiary/aromatic N) is 4. The molecule has 1 aromatic carbocycles. The van der Waals surface area contributed by atoms with Crippen molar-refractivity contribution < 1.29 is 4.74 Å². The zero-order valence-electron chi connectivity index (χ0n) is 20.0. The first-order valence-corrected chi connectivity index (χ1v) is 11.7. The lowest BCUT2D eigenvalue weighted by atomic mass is 9.88. The number of aliphatic imine (C=N–C) groups is 1. The van der Waals surface area contributed by atoms with E-state index in [-0.39, 0.29) is 6.17 Å². The fourth-order valence-electron chi connectivity index (χ4n) is 4.33. The van der Waals surface area contributed by atoms with E-state index in [9.17, 15) is 0 Å². The Morgan fingerprint density at radius 3 is 2.71 bits per heavy atom. The van der Waals surface area contributed by atoms with Gasteiger partial charge in [0.1, 0.15) is 17.8 Å². The third-order valence-corrected chi connectivity index (χ3v) is 6.12. The van der Waals surface area contributed by atoms with E-state index in [1.54, 1.807) is 13.4 Å². The number of ether oxygens (including phenoxy) is 1. The summed E-state index contributed by atoms with van der Waals surface area (Å²) < 4.78 is 7.61. The molecule has 0 bridgehead atoms. The number of allylic oxidation sites excluding steroid dienone is 4. The van der Waals surface area contributed by atoms with Crippen LogP contribution in [0, 0.1) is 19.8 Å². The van der Waals surface area contributed by atoms with Gasteiger partial charge in [-0.15, -0.1) is 12.8 Å². The SMILES string of the molecule is C#C.C/C=C(\C(=C/C/C=C/C1=NC2C(c3ccc(Cl)cc3)CCCN2N1)OC)n1cnc(C)c1. The molecule has 0 saturated carbocycles. The molecule has 2 unspecified atom stereocenters. The minimum Gasteiger partial charge on any atom is -0.495 e. The van der Waals surface area contributed by atoms with Gasteiger partial charge in [0, 0.05) is 23.7 Å². The number of hydrazine groups is 1. The number of rotatable bonds is 7. The number of fused-ring (bicyclic) bond motifs is 1. The highest BCUT2D eigenvalue weighted by Gasteiger charge is 2.36. The lowest BCUT2D eigenvalue weighted by Crippen LogP contribution is -2.46. The Hall–Kier alpha value is -3.27. The molecule has 0 radical (unpaired) electrons. The Morgan fingerprint density at radius 1 is 1.29 bits per heavy atom. The van der Waals surface area contributed by atoms with E-state index in [1.165, 1.54) is 5.56 Å². The maximum absolute atomic E-state index is 6.07. The second-order valence-corrected chi connectivity index (χ2v) is 8.48. The maximum atomic E-state index is 6.07. The van der Waals surface area contributed by atoms with Gasteiger partial charge in [0.2, 0.25) is 0 Å². The van der Waals surface area contributed by atoms with E-state index in [0.29, 0.717) is 5.92 Å². The van der Waals surface area contributed by atoms with Gasteiger partial charge in [-0.25, -0.2) is 9.98 Å². The molecule has 3 heterocycles. The van der Waals surface area contributed by atoms with E-state index in [2.05, 4.69) is 58.6 Å².